The van der Waals surface area contributed by atoms with Crippen molar-refractivity contribution in [2.24, 2.45) is 17.8 Å². The molecule has 2 saturated carbocycles. The summed E-state index contributed by atoms with van der Waals surface area (Å²) in [6, 6.07) is 0. The quantitative estimate of drug-likeness (QED) is 0.656. The van der Waals surface area contributed by atoms with Gasteiger partial charge in [-0.15, -0.1) is 0 Å². The molecule has 14 heavy (non-hydrogen) atoms. The number of rotatable bonds is 2. The largest absolute Gasteiger partial charge is 0.299 e. The van der Waals surface area contributed by atoms with Crippen LogP contribution in [0.2, 0.25) is 0 Å². The molecule has 1 nitrogen and oxygen atoms in total. The zero-order chi connectivity index (χ0) is 9.97. The molecule has 80 valence electrons. The van der Waals surface area contributed by atoms with Crippen LogP contribution in [0.25, 0.3) is 0 Å². The molecule has 0 aromatic heterocycles. The summed E-state index contributed by atoms with van der Waals surface area (Å²) in [5.74, 6) is 2.65. The van der Waals surface area contributed by atoms with Gasteiger partial charge in [-0.25, -0.2) is 0 Å². The zero-order valence-corrected chi connectivity index (χ0v) is 9.30. The predicted octanol–water partition coefficient (Wildman–Crippen LogP) is 3.57. The van der Waals surface area contributed by atoms with E-state index in [-0.39, 0.29) is 0 Å². The van der Waals surface area contributed by atoms with Crippen molar-refractivity contribution in [2.75, 3.05) is 0 Å². The molecular formula is C13H22O. The molecule has 0 saturated heterocycles. The van der Waals surface area contributed by atoms with E-state index < -0.39 is 0 Å². The van der Waals surface area contributed by atoms with E-state index in [1.807, 2.05) is 0 Å². The van der Waals surface area contributed by atoms with Gasteiger partial charge in [0, 0.05) is 12.3 Å². The molecule has 2 aliphatic carbocycles. The Morgan fingerprint density at radius 1 is 1.21 bits per heavy atom. The molecule has 0 heterocycles. The van der Waals surface area contributed by atoms with Crippen LogP contribution in [0.15, 0.2) is 0 Å². The minimum Gasteiger partial charge on any atom is -0.299 e. The first-order chi connectivity index (χ1) is 6.81. The molecule has 2 aliphatic rings. The molecule has 0 N–H and O–H groups in total. The standard InChI is InChI=1S/C13H22O/c1-2-10-7-8-13(14)12(9-10)11-5-3-4-6-11/h10-12H,2-9H2,1H3. The van der Waals surface area contributed by atoms with Crippen LogP contribution < -0.4 is 0 Å². The molecule has 2 atom stereocenters. The van der Waals surface area contributed by atoms with Gasteiger partial charge in [-0.05, 0) is 37.5 Å². The van der Waals surface area contributed by atoms with Crippen LogP contribution in [-0.2, 0) is 4.79 Å². The van der Waals surface area contributed by atoms with Crippen molar-refractivity contribution < 1.29 is 4.79 Å². The normalized spacial score (nSPS) is 35.1. The third-order valence-electron chi connectivity index (χ3n) is 4.35. The van der Waals surface area contributed by atoms with Crippen molar-refractivity contribution in [3.63, 3.8) is 0 Å². The fraction of sp³-hybridized carbons (Fsp3) is 0.923. The van der Waals surface area contributed by atoms with Crippen LogP contribution in [0.1, 0.15) is 58.3 Å². The molecule has 0 bridgehead atoms. The highest BCUT2D eigenvalue weighted by Gasteiger charge is 2.34. The Bertz CT molecular complexity index is 203. The number of hydrogen-bond donors (Lipinski definition) is 0. The molecule has 2 fully saturated rings. The Morgan fingerprint density at radius 3 is 2.57 bits per heavy atom. The number of carbonyl (C=O) groups excluding carboxylic acids is 1. The number of carbonyl (C=O) groups is 1. The first-order valence-corrected chi connectivity index (χ1v) is 6.34. The first-order valence-electron chi connectivity index (χ1n) is 6.34. The average molecular weight is 194 g/mol. The minimum atomic E-state index is 0.455. The fourth-order valence-corrected chi connectivity index (χ4v) is 3.33. The van der Waals surface area contributed by atoms with E-state index in [9.17, 15) is 4.79 Å². The van der Waals surface area contributed by atoms with Gasteiger partial charge < -0.3 is 0 Å². The summed E-state index contributed by atoms with van der Waals surface area (Å²) in [5, 5.41) is 0. The maximum Gasteiger partial charge on any atom is 0.136 e. The van der Waals surface area contributed by atoms with Gasteiger partial charge >= 0.3 is 0 Å². The van der Waals surface area contributed by atoms with Gasteiger partial charge in [-0.3, -0.25) is 4.79 Å². The fourth-order valence-electron chi connectivity index (χ4n) is 3.33. The second-order valence-electron chi connectivity index (χ2n) is 5.17. The second-order valence-corrected chi connectivity index (χ2v) is 5.17. The smallest absolute Gasteiger partial charge is 0.136 e. The maximum atomic E-state index is 11.8. The highest BCUT2D eigenvalue weighted by atomic mass is 16.1. The highest BCUT2D eigenvalue weighted by molar-refractivity contribution is 5.82. The molecule has 0 aliphatic heterocycles. The maximum absolute atomic E-state index is 11.8. The van der Waals surface area contributed by atoms with Gasteiger partial charge in [0.1, 0.15) is 5.78 Å². The molecule has 0 amide bonds. The summed E-state index contributed by atoms with van der Waals surface area (Å²) < 4.78 is 0. The first kappa shape index (κ1) is 10.2. The molecule has 2 unspecified atom stereocenters. The summed E-state index contributed by atoms with van der Waals surface area (Å²) in [4.78, 5) is 11.8. The summed E-state index contributed by atoms with van der Waals surface area (Å²) in [7, 11) is 0. The van der Waals surface area contributed by atoms with E-state index in [4.69, 9.17) is 0 Å². The number of hydrogen-bond acceptors (Lipinski definition) is 1. The van der Waals surface area contributed by atoms with Gasteiger partial charge in [0.25, 0.3) is 0 Å². The lowest BCUT2D eigenvalue weighted by Gasteiger charge is -2.31. The third-order valence-corrected chi connectivity index (χ3v) is 4.35. The van der Waals surface area contributed by atoms with E-state index in [1.165, 1.54) is 44.9 Å². The van der Waals surface area contributed by atoms with Crippen LogP contribution in [0.3, 0.4) is 0 Å². The van der Waals surface area contributed by atoms with Gasteiger partial charge in [0.15, 0.2) is 0 Å². The Morgan fingerprint density at radius 2 is 1.93 bits per heavy atom. The highest BCUT2D eigenvalue weighted by Crippen LogP contribution is 2.40. The topological polar surface area (TPSA) is 17.1 Å². The second kappa shape index (κ2) is 4.46. The lowest BCUT2D eigenvalue weighted by Crippen LogP contribution is -2.29. The van der Waals surface area contributed by atoms with Crippen molar-refractivity contribution in [3.05, 3.63) is 0 Å². The summed E-state index contributed by atoms with van der Waals surface area (Å²) >= 11 is 0. The molecule has 1 heteroatoms. The van der Waals surface area contributed by atoms with Crippen LogP contribution in [0.4, 0.5) is 0 Å². The molecule has 0 aromatic rings. The summed E-state index contributed by atoms with van der Waals surface area (Å²) in [6.07, 6.45) is 9.91. The third kappa shape index (κ3) is 2.02. The van der Waals surface area contributed by atoms with Crippen molar-refractivity contribution in [3.8, 4) is 0 Å². The van der Waals surface area contributed by atoms with Gasteiger partial charge in [-0.2, -0.15) is 0 Å². The molecule has 0 aromatic carbocycles. The predicted molar refractivity (Wildman–Crippen MR) is 58.1 cm³/mol. The molecule has 0 radical (unpaired) electrons. The molecular weight excluding hydrogens is 172 g/mol. The van der Waals surface area contributed by atoms with Crippen LogP contribution in [0.5, 0.6) is 0 Å². The van der Waals surface area contributed by atoms with Crippen molar-refractivity contribution in [2.45, 2.75) is 58.3 Å². The Hall–Kier alpha value is -0.330. The Labute approximate surface area is 87.3 Å². The van der Waals surface area contributed by atoms with Crippen molar-refractivity contribution in [1.82, 2.24) is 0 Å². The lowest BCUT2D eigenvalue weighted by atomic mass is 9.73. The van der Waals surface area contributed by atoms with E-state index in [0.717, 1.165) is 18.3 Å². The molecule has 0 spiro atoms. The van der Waals surface area contributed by atoms with E-state index >= 15 is 0 Å². The monoisotopic (exact) mass is 194 g/mol. The minimum absolute atomic E-state index is 0.455. The Balaban J connectivity index is 1.96. The molecule has 2 rings (SSSR count). The van der Waals surface area contributed by atoms with E-state index in [0.29, 0.717) is 11.7 Å². The van der Waals surface area contributed by atoms with Crippen molar-refractivity contribution in [1.29, 1.82) is 0 Å². The summed E-state index contributed by atoms with van der Waals surface area (Å²) in [6.45, 7) is 2.27. The van der Waals surface area contributed by atoms with Gasteiger partial charge in [-0.1, -0.05) is 26.2 Å². The van der Waals surface area contributed by atoms with Crippen LogP contribution in [0, 0.1) is 17.8 Å². The van der Waals surface area contributed by atoms with E-state index in [1.54, 1.807) is 0 Å². The van der Waals surface area contributed by atoms with Gasteiger partial charge in [0.05, 0.1) is 0 Å². The van der Waals surface area contributed by atoms with Gasteiger partial charge in [0.2, 0.25) is 0 Å². The SMILES string of the molecule is CCC1CCC(=O)C(C2CCCC2)C1. The number of ketones is 1. The lowest BCUT2D eigenvalue weighted by molar-refractivity contribution is -0.127. The van der Waals surface area contributed by atoms with Crippen LogP contribution in [-0.4, -0.2) is 5.78 Å². The summed E-state index contributed by atoms with van der Waals surface area (Å²) in [5.41, 5.74) is 0. The zero-order valence-electron chi connectivity index (χ0n) is 9.30. The van der Waals surface area contributed by atoms with E-state index in [2.05, 4.69) is 6.92 Å². The number of Topliss-reactive ketones (excluding diaryl/α,β-unsaturated/α-hetero) is 1. The van der Waals surface area contributed by atoms with Crippen molar-refractivity contribution >= 4 is 5.78 Å². The van der Waals surface area contributed by atoms with Crippen LogP contribution >= 0.6 is 0 Å². The Kier molecular flexibility index (Phi) is 3.25. The average Bonchev–Trinajstić information content (AvgIpc) is 2.71.